The van der Waals surface area contributed by atoms with Crippen molar-refractivity contribution < 1.29 is 29.2 Å². The van der Waals surface area contributed by atoms with Crippen LogP contribution in [0.15, 0.2) is 84.9 Å². The molecule has 4 aromatic rings. The fraction of sp³-hybridized carbons (Fsp3) is 0.138. The zero-order valence-electron chi connectivity index (χ0n) is 21.1. The second-order valence-electron chi connectivity index (χ2n) is 7.96. The first-order valence-electron chi connectivity index (χ1n) is 11.4. The van der Waals surface area contributed by atoms with Crippen LogP contribution in [0.3, 0.4) is 0 Å². The summed E-state index contributed by atoms with van der Waals surface area (Å²) >= 11 is 0. The number of benzene rings is 4. The smallest absolute Gasteiger partial charge is 0.292 e. The number of ether oxygens (including phenoxy) is 4. The number of anilines is 1. The van der Waals surface area contributed by atoms with Gasteiger partial charge < -0.3 is 29.2 Å². The van der Waals surface area contributed by atoms with Gasteiger partial charge in [-0.15, -0.1) is 0 Å². The molecule has 0 aliphatic carbocycles. The maximum absolute atomic E-state index is 9.96. The second kappa shape index (κ2) is 11.3. The van der Waals surface area contributed by atoms with Crippen molar-refractivity contribution in [1.82, 2.24) is 4.58 Å². The molecule has 0 aliphatic rings. The summed E-state index contributed by atoms with van der Waals surface area (Å²) in [6.45, 7) is 0. The van der Waals surface area contributed by atoms with Crippen LogP contribution in [0.2, 0.25) is 0 Å². The number of aromatic hydroxyl groups is 2. The van der Waals surface area contributed by atoms with Gasteiger partial charge in [0.1, 0.15) is 22.9 Å². The molecule has 0 unspecified atom stereocenters. The fourth-order valence-corrected chi connectivity index (χ4v) is 3.96. The molecule has 8 nitrogen and oxygen atoms in total. The molecule has 0 aromatic heterocycles. The first kappa shape index (κ1) is 25.2. The van der Waals surface area contributed by atoms with Crippen LogP contribution in [-0.2, 0) is 0 Å². The van der Waals surface area contributed by atoms with Crippen molar-refractivity contribution >= 4 is 22.9 Å². The van der Waals surface area contributed by atoms with Gasteiger partial charge in [0.15, 0.2) is 22.9 Å². The van der Waals surface area contributed by atoms with Crippen molar-refractivity contribution in [3.63, 3.8) is 0 Å². The largest absolute Gasteiger partial charge is 0.508 e. The van der Waals surface area contributed by atoms with E-state index in [1.165, 1.54) is 0 Å². The monoisotopic (exact) mass is 501 g/mol. The Morgan fingerprint density at radius 1 is 0.622 bits per heavy atom. The minimum Gasteiger partial charge on any atom is -0.508 e. The molecule has 0 atom stereocenters. The summed E-state index contributed by atoms with van der Waals surface area (Å²) in [4.78, 5) is 0. The SMILES string of the molecule is COc1ccccc1NC(c1cc(OC)c(OC)c(OC)c1)=[N+](c1ccc(O)cc1)c1ccc(O)cc1. The Morgan fingerprint density at radius 2 is 1.11 bits per heavy atom. The predicted octanol–water partition coefficient (Wildman–Crippen LogP) is 5.53. The Labute approximate surface area is 215 Å². The molecular weight excluding hydrogens is 472 g/mol. The van der Waals surface area contributed by atoms with Crippen LogP contribution < -0.4 is 28.8 Å². The maximum atomic E-state index is 9.96. The molecule has 0 bridgehead atoms. The van der Waals surface area contributed by atoms with Gasteiger partial charge >= 0.3 is 0 Å². The van der Waals surface area contributed by atoms with Gasteiger partial charge in [0.2, 0.25) is 5.75 Å². The molecule has 190 valence electrons. The molecule has 0 aliphatic heterocycles. The molecule has 8 heteroatoms. The lowest BCUT2D eigenvalue weighted by atomic mass is 10.1. The van der Waals surface area contributed by atoms with Crippen molar-refractivity contribution in [2.75, 3.05) is 33.8 Å². The van der Waals surface area contributed by atoms with E-state index in [1.54, 1.807) is 77.0 Å². The van der Waals surface area contributed by atoms with Gasteiger partial charge in [-0.2, -0.15) is 4.58 Å². The molecule has 0 heterocycles. The summed E-state index contributed by atoms with van der Waals surface area (Å²) in [5, 5.41) is 23.4. The predicted molar refractivity (Wildman–Crippen MR) is 144 cm³/mol. The van der Waals surface area contributed by atoms with Crippen LogP contribution >= 0.6 is 0 Å². The first-order chi connectivity index (χ1) is 18.0. The van der Waals surface area contributed by atoms with Gasteiger partial charge in [-0.25, -0.2) is 5.32 Å². The van der Waals surface area contributed by atoms with Crippen molar-refractivity contribution in [1.29, 1.82) is 0 Å². The lowest BCUT2D eigenvalue weighted by Gasteiger charge is -2.17. The number of rotatable bonds is 8. The average molecular weight is 502 g/mol. The molecule has 37 heavy (non-hydrogen) atoms. The molecular formula is C29H29N2O6+. The third-order valence-electron chi connectivity index (χ3n) is 5.74. The van der Waals surface area contributed by atoms with Gasteiger partial charge in [0, 0.05) is 0 Å². The highest BCUT2D eigenvalue weighted by Gasteiger charge is 2.26. The highest BCUT2D eigenvalue weighted by atomic mass is 16.5. The van der Waals surface area contributed by atoms with Gasteiger partial charge in [0.25, 0.3) is 5.84 Å². The third-order valence-corrected chi connectivity index (χ3v) is 5.74. The van der Waals surface area contributed by atoms with E-state index < -0.39 is 0 Å². The van der Waals surface area contributed by atoms with E-state index in [2.05, 4.69) is 5.32 Å². The van der Waals surface area contributed by atoms with Crippen molar-refractivity contribution in [3.8, 4) is 34.5 Å². The number of phenolic OH excluding ortho intramolecular Hbond substituents is 2. The molecule has 0 saturated heterocycles. The quantitative estimate of drug-likeness (QED) is 0.166. The van der Waals surface area contributed by atoms with Gasteiger partial charge in [-0.3, -0.25) is 0 Å². The maximum Gasteiger partial charge on any atom is 0.292 e. The normalized spacial score (nSPS) is 10.4. The van der Waals surface area contributed by atoms with Crippen LogP contribution in [0.25, 0.3) is 0 Å². The molecule has 0 spiro atoms. The number of hydrogen-bond donors (Lipinski definition) is 3. The Kier molecular flexibility index (Phi) is 7.68. The van der Waals surface area contributed by atoms with E-state index in [0.29, 0.717) is 34.4 Å². The number of hydrogen-bond acceptors (Lipinski definition) is 6. The molecule has 0 amide bonds. The summed E-state index contributed by atoms with van der Waals surface area (Å²) in [7, 11) is 6.28. The molecule has 4 aromatic carbocycles. The standard InChI is InChI=1S/C29H28N2O6/c1-34-25-8-6-5-7-24(25)30-29(19-17-26(35-2)28(37-4)27(18-19)36-3)31(20-9-13-22(32)14-10-20)21-11-15-23(33)16-12-21/h5-18,32-33H,1-4H3/p+1. The number of methoxy groups -OCH3 is 4. The summed E-state index contributed by atoms with van der Waals surface area (Å²) in [5.74, 6) is 2.97. The van der Waals surface area contributed by atoms with Gasteiger partial charge in [0.05, 0.1) is 34.0 Å². The number of nitrogens with one attached hydrogen (secondary N) is 1. The lowest BCUT2D eigenvalue weighted by Crippen LogP contribution is -2.26. The van der Waals surface area contributed by atoms with Crippen molar-refractivity contribution in [3.05, 3.63) is 90.5 Å². The minimum atomic E-state index is 0.140. The highest BCUT2D eigenvalue weighted by molar-refractivity contribution is 6.12. The minimum absolute atomic E-state index is 0.140. The van der Waals surface area contributed by atoms with Crippen LogP contribution in [0.1, 0.15) is 5.56 Å². The molecule has 0 radical (unpaired) electrons. The highest BCUT2D eigenvalue weighted by Crippen LogP contribution is 2.39. The van der Waals surface area contributed by atoms with E-state index in [4.69, 9.17) is 18.9 Å². The van der Waals surface area contributed by atoms with E-state index >= 15 is 0 Å². The summed E-state index contributed by atoms with van der Waals surface area (Å²) in [6.07, 6.45) is 0. The number of amidine groups is 1. The first-order valence-corrected chi connectivity index (χ1v) is 11.4. The Hall–Kier alpha value is -4.85. The molecule has 4 rings (SSSR count). The van der Waals surface area contributed by atoms with Crippen LogP contribution in [0, 0.1) is 0 Å². The Bertz CT molecular complexity index is 1330. The topological polar surface area (TPSA) is 92.4 Å². The van der Waals surface area contributed by atoms with Gasteiger partial charge in [-0.05, 0) is 72.8 Å². The fourth-order valence-electron chi connectivity index (χ4n) is 3.96. The Balaban J connectivity index is 2.09. The average Bonchev–Trinajstić information content (AvgIpc) is 2.93. The number of para-hydroxylation sites is 2. The zero-order valence-corrected chi connectivity index (χ0v) is 21.1. The van der Waals surface area contributed by atoms with E-state index in [1.807, 2.05) is 41.0 Å². The Morgan fingerprint density at radius 3 is 1.57 bits per heavy atom. The number of phenols is 2. The molecule has 3 N–H and O–H groups in total. The second-order valence-corrected chi connectivity index (χ2v) is 7.96. The summed E-state index contributed by atoms with van der Waals surface area (Å²) in [6, 6.07) is 24.9. The van der Waals surface area contributed by atoms with Crippen LogP contribution in [-0.4, -0.2) is 44.5 Å². The third kappa shape index (κ3) is 5.38. The van der Waals surface area contributed by atoms with Crippen molar-refractivity contribution in [2.24, 2.45) is 0 Å². The summed E-state index contributed by atoms with van der Waals surface area (Å²) in [5.41, 5.74) is 2.92. The summed E-state index contributed by atoms with van der Waals surface area (Å²) < 4.78 is 24.4. The molecule has 0 fully saturated rings. The van der Waals surface area contributed by atoms with E-state index in [9.17, 15) is 10.2 Å². The van der Waals surface area contributed by atoms with Crippen molar-refractivity contribution in [2.45, 2.75) is 0 Å². The zero-order chi connectivity index (χ0) is 26.4. The van der Waals surface area contributed by atoms with Gasteiger partial charge in [-0.1, -0.05) is 12.1 Å². The molecule has 0 saturated carbocycles. The van der Waals surface area contributed by atoms with E-state index in [-0.39, 0.29) is 11.5 Å². The van der Waals surface area contributed by atoms with Crippen LogP contribution in [0.5, 0.6) is 34.5 Å². The van der Waals surface area contributed by atoms with E-state index in [0.717, 1.165) is 17.1 Å². The number of nitrogens with zero attached hydrogens (tertiary/aromatic N) is 1. The lowest BCUT2D eigenvalue weighted by molar-refractivity contribution is 0.324. The van der Waals surface area contributed by atoms with Crippen LogP contribution in [0.4, 0.5) is 17.1 Å².